The van der Waals surface area contributed by atoms with Crippen LogP contribution in [0.1, 0.15) is 49.9 Å². The summed E-state index contributed by atoms with van der Waals surface area (Å²) in [5.41, 5.74) is 2.83. The molecule has 1 saturated carbocycles. The lowest BCUT2D eigenvalue weighted by atomic mass is 9.78. The molecule has 2 heterocycles. The Labute approximate surface area is 198 Å². The van der Waals surface area contributed by atoms with E-state index < -0.39 is 5.82 Å². The van der Waals surface area contributed by atoms with E-state index in [1.165, 1.54) is 34.5 Å². The molecule has 0 atom stereocenters. The highest BCUT2D eigenvalue weighted by molar-refractivity contribution is 5.42. The van der Waals surface area contributed by atoms with Gasteiger partial charge in [0, 0.05) is 5.41 Å². The summed E-state index contributed by atoms with van der Waals surface area (Å²) in [4.78, 5) is 4.31. The number of hydrogen-bond donors (Lipinski definition) is 0. The van der Waals surface area contributed by atoms with E-state index in [-0.39, 0.29) is 17.8 Å². The summed E-state index contributed by atoms with van der Waals surface area (Å²) in [5.74, 6) is 1.29. The predicted molar refractivity (Wildman–Crippen MR) is 127 cm³/mol. The molecule has 7 heteroatoms. The van der Waals surface area contributed by atoms with E-state index in [0.717, 1.165) is 24.3 Å². The van der Waals surface area contributed by atoms with Gasteiger partial charge in [-0.25, -0.2) is 9.37 Å². The molecule has 0 spiro atoms. The molecule has 0 radical (unpaired) electrons. The third-order valence-corrected chi connectivity index (χ3v) is 6.42. The van der Waals surface area contributed by atoms with Crippen molar-refractivity contribution in [2.45, 2.75) is 51.2 Å². The van der Waals surface area contributed by atoms with Gasteiger partial charge >= 0.3 is 0 Å². The van der Waals surface area contributed by atoms with Gasteiger partial charge in [0.15, 0.2) is 11.6 Å². The Bertz CT molecular complexity index is 1230. The van der Waals surface area contributed by atoms with E-state index in [0.29, 0.717) is 11.8 Å². The number of ether oxygens (including phenoxy) is 2. The van der Waals surface area contributed by atoms with Crippen LogP contribution in [0.3, 0.4) is 0 Å². The molecular weight excluding hydrogens is 431 g/mol. The Morgan fingerprint density at radius 1 is 0.941 bits per heavy atom. The minimum absolute atomic E-state index is 0.0970. The molecule has 1 aliphatic carbocycles. The van der Waals surface area contributed by atoms with Gasteiger partial charge in [0.1, 0.15) is 18.1 Å². The molecule has 0 bridgehead atoms. The monoisotopic (exact) mass is 458 g/mol. The Balaban J connectivity index is 1.24. The first-order valence-corrected chi connectivity index (χ1v) is 11.5. The van der Waals surface area contributed by atoms with E-state index in [2.05, 4.69) is 65.5 Å². The Morgan fingerprint density at radius 3 is 2.21 bits per heavy atom. The molecule has 174 valence electrons. The fourth-order valence-corrected chi connectivity index (χ4v) is 3.96. The predicted octanol–water partition coefficient (Wildman–Crippen LogP) is 5.64. The number of aromatic nitrogens is 4. The first kappa shape index (κ1) is 22.1. The lowest BCUT2D eigenvalue weighted by Gasteiger charge is -2.28. The van der Waals surface area contributed by atoms with Gasteiger partial charge in [-0.1, -0.05) is 43.3 Å². The quantitative estimate of drug-likeness (QED) is 0.342. The number of nitrogens with zero attached hydrogens (tertiary/aromatic N) is 4. The standard InChI is InChI=1S/C27H27FN4O2/c1-27(2,20-8-13-24(14-9-20)34-23-4-3-5-23)19-6-11-22(12-7-19)33-18-21-10-15-25(28)26(30-21)32-17-16-29-31-32/h6-17,23H,3-5,18H2,1-2H3. The van der Waals surface area contributed by atoms with Crippen LogP contribution < -0.4 is 9.47 Å². The number of benzene rings is 2. The number of halogens is 1. The summed E-state index contributed by atoms with van der Waals surface area (Å²) in [7, 11) is 0. The van der Waals surface area contributed by atoms with Crippen molar-refractivity contribution in [3.8, 4) is 17.3 Å². The average Bonchev–Trinajstić information content (AvgIpc) is 3.36. The Hall–Kier alpha value is -3.74. The molecule has 0 saturated heterocycles. The van der Waals surface area contributed by atoms with Crippen LogP contribution in [0.5, 0.6) is 11.5 Å². The van der Waals surface area contributed by atoms with E-state index in [1.807, 2.05) is 12.1 Å². The van der Waals surface area contributed by atoms with Crippen molar-refractivity contribution in [1.29, 1.82) is 0 Å². The van der Waals surface area contributed by atoms with Crippen LogP contribution in [0.15, 0.2) is 73.1 Å². The molecule has 0 unspecified atom stereocenters. The van der Waals surface area contributed by atoms with Crippen molar-refractivity contribution >= 4 is 0 Å². The van der Waals surface area contributed by atoms with Gasteiger partial charge in [0.25, 0.3) is 0 Å². The van der Waals surface area contributed by atoms with E-state index in [1.54, 1.807) is 12.3 Å². The van der Waals surface area contributed by atoms with Crippen molar-refractivity contribution in [3.63, 3.8) is 0 Å². The maximum absolute atomic E-state index is 14.1. The number of hydrogen-bond acceptors (Lipinski definition) is 5. The summed E-state index contributed by atoms with van der Waals surface area (Å²) < 4.78 is 27.3. The van der Waals surface area contributed by atoms with Crippen LogP contribution in [0.4, 0.5) is 4.39 Å². The zero-order valence-electron chi connectivity index (χ0n) is 19.3. The van der Waals surface area contributed by atoms with E-state index in [9.17, 15) is 4.39 Å². The van der Waals surface area contributed by atoms with Crippen LogP contribution in [-0.2, 0) is 12.0 Å². The lowest BCUT2D eigenvalue weighted by Crippen LogP contribution is -2.24. The van der Waals surface area contributed by atoms with Crippen LogP contribution >= 0.6 is 0 Å². The van der Waals surface area contributed by atoms with Gasteiger partial charge in [0.05, 0.1) is 24.2 Å². The van der Waals surface area contributed by atoms with Gasteiger partial charge in [-0.15, -0.1) is 5.10 Å². The maximum atomic E-state index is 14.1. The van der Waals surface area contributed by atoms with E-state index >= 15 is 0 Å². The SMILES string of the molecule is CC(C)(c1ccc(OCc2ccc(F)c(-n3ccnn3)n2)cc1)c1ccc(OC2CCC2)cc1. The van der Waals surface area contributed by atoms with E-state index in [4.69, 9.17) is 9.47 Å². The Kier molecular flexibility index (Phi) is 6.01. The third kappa shape index (κ3) is 4.64. The highest BCUT2D eigenvalue weighted by atomic mass is 19.1. The fraction of sp³-hybridized carbons (Fsp3) is 0.296. The molecule has 0 aliphatic heterocycles. The zero-order valence-corrected chi connectivity index (χ0v) is 19.3. The molecule has 4 aromatic rings. The first-order valence-electron chi connectivity index (χ1n) is 11.5. The minimum atomic E-state index is -0.469. The summed E-state index contributed by atoms with van der Waals surface area (Å²) >= 11 is 0. The molecular formula is C27H27FN4O2. The summed E-state index contributed by atoms with van der Waals surface area (Å²) in [5, 5.41) is 7.51. The molecule has 34 heavy (non-hydrogen) atoms. The Morgan fingerprint density at radius 2 is 1.62 bits per heavy atom. The molecule has 1 aliphatic rings. The van der Waals surface area contributed by atoms with Gasteiger partial charge < -0.3 is 9.47 Å². The van der Waals surface area contributed by atoms with Gasteiger partial charge in [-0.3, -0.25) is 0 Å². The second kappa shape index (κ2) is 9.25. The highest BCUT2D eigenvalue weighted by Crippen LogP contribution is 2.34. The normalized spacial score (nSPS) is 14.0. The number of pyridine rings is 1. The van der Waals surface area contributed by atoms with Crippen LogP contribution in [0, 0.1) is 5.82 Å². The second-order valence-electron chi connectivity index (χ2n) is 9.09. The van der Waals surface area contributed by atoms with Crippen LogP contribution in [0.2, 0.25) is 0 Å². The number of rotatable bonds is 8. The average molecular weight is 459 g/mol. The fourth-order valence-electron chi connectivity index (χ4n) is 3.96. The molecule has 2 aromatic carbocycles. The smallest absolute Gasteiger partial charge is 0.191 e. The lowest BCUT2D eigenvalue weighted by molar-refractivity contribution is 0.120. The molecule has 1 fully saturated rings. The highest BCUT2D eigenvalue weighted by Gasteiger charge is 2.24. The molecule has 2 aromatic heterocycles. The molecule has 6 nitrogen and oxygen atoms in total. The van der Waals surface area contributed by atoms with Crippen LogP contribution in [0.25, 0.3) is 5.82 Å². The second-order valence-corrected chi connectivity index (χ2v) is 9.09. The van der Waals surface area contributed by atoms with Crippen molar-refractivity contribution in [1.82, 2.24) is 20.0 Å². The molecule has 0 amide bonds. The van der Waals surface area contributed by atoms with Gasteiger partial charge in [-0.2, -0.15) is 4.68 Å². The van der Waals surface area contributed by atoms with Crippen molar-refractivity contribution < 1.29 is 13.9 Å². The van der Waals surface area contributed by atoms with Crippen molar-refractivity contribution in [3.05, 3.63) is 95.7 Å². The van der Waals surface area contributed by atoms with Gasteiger partial charge in [0.2, 0.25) is 0 Å². The third-order valence-electron chi connectivity index (χ3n) is 6.42. The first-order chi connectivity index (χ1) is 16.5. The summed E-state index contributed by atoms with van der Waals surface area (Å²) in [6.07, 6.45) is 6.98. The molecule has 0 N–H and O–H groups in total. The van der Waals surface area contributed by atoms with Gasteiger partial charge in [-0.05, 0) is 66.8 Å². The van der Waals surface area contributed by atoms with Crippen LogP contribution in [-0.4, -0.2) is 26.1 Å². The van der Waals surface area contributed by atoms with Crippen molar-refractivity contribution in [2.24, 2.45) is 0 Å². The minimum Gasteiger partial charge on any atom is -0.490 e. The maximum Gasteiger partial charge on any atom is 0.191 e. The largest absolute Gasteiger partial charge is 0.490 e. The van der Waals surface area contributed by atoms with Crippen molar-refractivity contribution in [2.75, 3.05) is 0 Å². The molecule has 5 rings (SSSR count). The topological polar surface area (TPSA) is 62.1 Å². The summed E-state index contributed by atoms with van der Waals surface area (Å²) in [6, 6.07) is 19.4. The summed E-state index contributed by atoms with van der Waals surface area (Å²) in [6.45, 7) is 4.63. The zero-order chi connectivity index (χ0) is 23.5.